The molecular formula is C23H16O2. The molecule has 3 aromatic rings. The molecule has 0 spiro atoms. The number of ketones is 2. The van der Waals surface area contributed by atoms with E-state index in [2.05, 4.69) is 0 Å². The third kappa shape index (κ3) is 2.43. The third-order valence-corrected chi connectivity index (χ3v) is 4.60. The Kier molecular flexibility index (Phi) is 3.66. The van der Waals surface area contributed by atoms with Crippen molar-refractivity contribution in [1.29, 1.82) is 0 Å². The molecule has 2 heteroatoms. The molecule has 25 heavy (non-hydrogen) atoms. The van der Waals surface area contributed by atoms with Crippen LogP contribution in [0.5, 0.6) is 0 Å². The second-order valence-electron chi connectivity index (χ2n) is 6.13. The van der Waals surface area contributed by atoms with Crippen LogP contribution in [0, 0.1) is 6.92 Å². The zero-order valence-electron chi connectivity index (χ0n) is 13.8. The molecule has 0 aromatic heterocycles. The number of Topliss-reactive ketones (excluding diaryl/α,β-unsaturated/α-hetero) is 2. The van der Waals surface area contributed by atoms with E-state index in [1.165, 1.54) is 0 Å². The first kappa shape index (κ1) is 15.3. The lowest BCUT2D eigenvalue weighted by Crippen LogP contribution is -2.21. The summed E-state index contributed by atoms with van der Waals surface area (Å²) in [6.07, 6.45) is 0. The summed E-state index contributed by atoms with van der Waals surface area (Å²) < 4.78 is 0. The first-order valence-corrected chi connectivity index (χ1v) is 8.22. The lowest BCUT2D eigenvalue weighted by molar-refractivity contribution is 0.101. The number of benzene rings is 3. The SMILES string of the molecule is Cc1ccccc1C1=C(c2ccccc2)C(=O)c2ccccc2C1=O. The number of aryl methyl sites for hydroxylation is 1. The Hall–Kier alpha value is -3.26. The van der Waals surface area contributed by atoms with Crippen LogP contribution in [0.4, 0.5) is 0 Å². The molecule has 1 aliphatic rings. The molecule has 0 unspecified atom stereocenters. The highest BCUT2D eigenvalue weighted by atomic mass is 16.1. The Balaban J connectivity index is 2.08. The Morgan fingerprint density at radius 2 is 1.00 bits per heavy atom. The molecule has 4 rings (SSSR count). The van der Waals surface area contributed by atoms with Gasteiger partial charge in [0.15, 0.2) is 11.6 Å². The van der Waals surface area contributed by atoms with Crippen molar-refractivity contribution in [2.75, 3.05) is 0 Å². The minimum absolute atomic E-state index is 0.0941. The molecular weight excluding hydrogens is 308 g/mol. The molecule has 0 amide bonds. The zero-order valence-corrected chi connectivity index (χ0v) is 13.8. The number of rotatable bonds is 2. The number of allylic oxidation sites excluding steroid dienone is 2. The van der Waals surface area contributed by atoms with Gasteiger partial charge in [-0.2, -0.15) is 0 Å². The van der Waals surface area contributed by atoms with Crippen LogP contribution in [0.2, 0.25) is 0 Å². The van der Waals surface area contributed by atoms with Crippen LogP contribution in [0.15, 0.2) is 78.9 Å². The molecule has 0 radical (unpaired) electrons. The highest BCUT2D eigenvalue weighted by molar-refractivity contribution is 6.52. The number of fused-ring (bicyclic) bond motifs is 1. The fraction of sp³-hybridized carbons (Fsp3) is 0.0435. The molecule has 1 aliphatic carbocycles. The van der Waals surface area contributed by atoms with Gasteiger partial charge in [0.05, 0.1) is 0 Å². The Bertz CT molecular complexity index is 1030. The summed E-state index contributed by atoms with van der Waals surface area (Å²) in [5, 5.41) is 0. The number of carbonyl (C=O) groups is 2. The maximum atomic E-state index is 13.3. The fourth-order valence-electron chi connectivity index (χ4n) is 3.37. The molecule has 0 atom stereocenters. The van der Waals surface area contributed by atoms with Crippen LogP contribution in [0.25, 0.3) is 11.1 Å². The van der Waals surface area contributed by atoms with E-state index in [4.69, 9.17) is 0 Å². The first-order valence-electron chi connectivity index (χ1n) is 8.22. The Morgan fingerprint density at radius 1 is 0.520 bits per heavy atom. The quantitative estimate of drug-likeness (QED) is 0.666. The topological polar surface area (TPSA) is 34.1 Å². The van der Waals surface area contributed by atoms with Gasteiger partial charge in [0.2, 0.25) is 0 Å². The Labute approximate surface area is 146 Å². The van der Waals surface area contributed by atoms with E-state index >= 15 is 0 Å². The molecule has 120 valence electrons. The highest BCUT2D eigenvalue weighted by Crippen LogP contribution is 2.38. The maximum Gasteiger partial charge on any atom is 0.195 e. The van der Waals surface area contributed by atoms with Crippen LogP contribution in [-0.4, -0.2) is 11.6 Å². The molecule has 0 heterocycles. The smallest absolute Gasteiger partial charge is 0.195 e. The monoisotopic (exact) mass is 324 g/mol. The summed E-state index contributed by atoms with van der Waals surface area (Å²) in [6, 6.07) is 24.2. The third-order valence-electron chi connectivity index (χ3n) is 4.60. The van der Waals surface area contributed by atoms with Gasteiger partial charge in [-0.3, -0.25) is 9.59 Å². The van der Waals surface area contributed by atoms with E-state index in [1.807, 2.05) is 61.5 Å². The largest absolute Gasteiger partial charge is 0.289 e. The van der Waals surface area contributed by atoms with Crippen molar-refractivity contribution >= 4 is 22.7 Å². The van der Waals surface area contributed by atoms with Crippen LogP contribution in [0.1, 0.15) is 37.4 Å². The molecule has 0 N–H and O–H groups in total. The number of hydrogen-bond acceptors (Lipinski definition) is 2. The lowest BCUT2D eigenvalue weighted by atomic mass is 9.78. The summed E-state index contributed by atoms with van der Waals surface area (Å²) in [4.78, 5) is 26.5. The van der Waals surface area contributed by atoms with Gasteiger partial charge < -0.3 is 0 Å². The van der Waals surface area contributed by atoms with Crippen molar-refractivity contribution in [3.8, 4) is 0 Å². The van der Waals surface area contributed by atoms with Gasteiger partial charge in [-0.25, -0.2) is 0 Å². The van der Waals surface area contributed by atoms with E-state index in [1.54, 1.807) is 24.3 Å². The molecule has 0 fully saturated rings. The van der Waals surface area contributed by atoms with E-state index in [0.717, 1.165) is 16.7 Å². The van der Waals surface area contributed by atoms with Gasteiger partial charge >= 0.3 is 0 Å². The van der Waals surface area contributed by atoms with E-state index in [9.17, 15) is 9.59 Å². The average Bonchev–Trinajstić information content (AvgIpc) is 2.66. The van der Waals surface area contributed by atoms with Gasteiger partial charge in [0.1, 0.15) is 0 Å². The number of hydrogen-bond donors (Lipinski definition) is 0. The van der Waals surface area contributed by atoms with Crippen molar-refractivity contribution in [2.24, 2.45) is 0 Å². The number of carbonyl (C=O) groups excluding carboxylic acids is 2. The molecule has 0 bridgehead atoms. The van der Waals surface area contributed by atoms with Crippen molar-refractivity contribution in [3.05, 3.63) is 107 Å². The van der Waals surface area contributed by atoms with Crippen LogP contribution in [0.3, 0.4) is 0 Å². The summed E-state index contributed by atoms with van der Waals surface area (Å²) in [7, 11) is 0. The van der Waals surface area contributed by atoms with Crippen molar-refractivity contribution in [3.63, 3.8) is 0 Å². The summed E-state index contributed by atoms with van der Waals surface area (Å²) in [5.41, 5.74) is 4.50. The van der Waals surface area contributed by atoms with Crippen LogP contribution >= 0.6 is 0 Å². The van der Waals surface area contributed by atoms with Crippen molar-refractivity contribution in [2.45, 2.75) is 6.92 Å². The van der Waals surface area contributed by atoms with Gasteiger partial charge in [-0.05, 0) is 23.6 Å². The van der Waals surface area contributed by atoms with Gasteiger partial charge in [-0.15, -0.1) is 0 Å². The second kappa shape index (κ2) is 5.99. The normalized spacial score (nSPS) is 13.8. The van der Waals surface area contributed by atoms with Gasteiger partial charge in [0.25, 0.3) is 0 Å². The maximum absolute atomic E-state index is 13.3. The zero-order chi connectivity index (χ0) is 17.4. The van der Waals surface area contributed by atoms with E-state index in [0.29, 0.717) is 22.3 Å². The first-order chi connectivity index (χ1) is 12.2. The van der Waals surface area contributed by atoms with E-state index in [-0.39, 0.29) is 11.6 Å². The van der Waals surface area contributed by atoms with Gasteiger partial charge in [-0.1, -0.05) is 78.9 Å². The lowest BCUT2D eigenvalue weighted by Gasteiger charge is -2.22. The average molecular weight is 324 g/mol. The highest BCUT2D eigenvalue weighted by Gasteiger charge is 2.33. The molecule has 0 aliphatic heterocycles. The van der Waals surface area contributed by atoms with Gasteiger partial charge in [0, 0.05) is 22.3 Å². The summed E-state index contributed by atoms with van der Waals surface area (Å²) in [5.74, 6) is -0.192. The molecule has 3 aromatic carbocycles. The second-order valence-corrected chi connectivity index (χ2v) is 6.13. The summed E-state index contributed by atoms with van der Waals surface area (Å²) in [6.45, 7) is 1.96. The minimum Gasteiger partial charge on any atom is -0.289 e. The standard InChI is InChI=1S/C23H16O2/c1-15-9-5-6-12-17(15)21-20(16-10-3-2-4-11-16)22(24)18-13-7-8-14-19(18)23(21)25/h2-14H,1H3. The minimum atomic E-state index is -0.0975. The molecule has 0 saturated heterocycles. The van der Waals surface area contributed by atoms with Crippen molar-refractivity contribution in [1.82, 2.24) is 0 Å². The fourth-order valence-corrected chi connectivity index (χ4v) is 3.37. The molecule has 0 saturated carbocycles. The molecule has 2 nitrogen and oxygen atoms in total. The predicted octanol–water partition coefficient (Wildman–Crippen LogP) is 4.99. The van der Waals surface area contributed by atoms with Crippen LogP contribution in [-0.2, 0) is 0 Å². The van der Waals surface area contributed by atoms with Crippen LogP contribution < -0.4 is 0 Å². The predicted molar refractivity (Wildman–Crippen MR) is 99.5 cm³/mol. The summed E-state index contributed by atoms with van der Waals surface area (Å²) >= 11 is 0. The van der Waals surface area contributed by atoms with Crippen molar-refractivity contribution < 1.29 is 9.59 Å². The van der Waals surface area contributed by atoms with E-state index < -0.39 is 0 Å². The Morgan fingerprint density at radius 3 is 1.60 bits per heavy atom.